The number of carbonyl (C=O) groups excluding carboxylic acids is 2. The molecular weight excluding hydrogens is 312 g/mol. The molecule has 0 saturated carbocycles. The van der Waals surface area contributed by atoms with Crippen LogP contribution in [0.4, 0.5) is 0 Å². The van der Waals surface area contributed by atoms with E-state index in [0.29, 0.717) is 11.6 Å². The van der Waals surface area contributed by atoms with Crippen LogP contribution in [0, 0.1) is 13.8 Å². The van der Waals surface area contributed by atoms with Gasteiger partial charge in [-0.05, 0) is 26.7 Å². The third kappa shape index (κ3) is 2.75. The molecule has 1 aromatic rings. The van der Waals surface area contributed by atoms with Gasteiger partial charge in [-0.2, -0.15) is 5.10 Å². The highest BCUT2D eigenvalue weighted by molar-refractivity contribution is 7.99. The second kappa shape index (κ2) is 6.19. The molecule has 2 aliphatic rings. The van der Waals surface area contributed by atoms with Crippen LogP contribution in [-0.2, 0) is 16.6 Å². The first-order chi connectivity index (χ1) is 10.9. The van der Waals surface area contributed by atoms with Crippen LogP contribution in [0.5, 0.6) is 0 Å². The number of nitrogens with zero attached hydrogens (tertiary/aromatic N) is 4. The van der Waals surface area contributed by atoms with Crippen molar-refractivity contribution < 1.29 is 9.59 Å². The van der Waals surface area contributed by atoms with Gasteiger partial charge in [-0.3, -0.25) is 14.3 Å². The summed E-state index contributed by atoms with van der Waals surface area (Å²) >= 11 is 1.65. The first-order valence-corrected chi connectivity index (χ1v) is 9.22. The van der Waals surface area contributed by atoms with Gasteiger partial charge in [-0.15, -0.1) is 11.8 Å². The number of amides is 2. The number of hydrogen-bond donors (Lipinski definition) is 0. The van der Waals surface area contributed by atoms with Gasteiger partial charge < -0.3 is 9.80 Å². The van der Waals surface area contributed by atoms with E-state index in [-0.39, 0.29) is 23.9 Å². The predicted molar refractivity (Wildman–Crippen MR) is 90.0 cm³/mol. The summed E-state index contributed by atoms with van der Waals surface area (Å²) in [5.74, 6) is 1.40. The quantitative estimate of drug-likeness (QED) is 0.823. The molecule has 1 aromatic heterocycles. The summed E-state index contributed by atoms with van der Waals surface area (Å²) in [6.45, 7) is 6.38. The van der Waals surface area contributed by atoms with E-state index in [2.05, 4.69) is 12.0 Å². The molecule has 0 aliphatic carbocycles. The Bertz CT molecular complexity index is 642. The molecule has 0 radical (unpaired) electrons. The van der Waals surface area contributed by atoms with E-state index in [1.54, 1.807) is 23.6 Å². The smallest absolute Gasteiger partial charge is 0.246 e. The SMILES string of the molecule is CC(=O)N1CSC[C@@H]1C(=O)N1CCC[C@H]1c1c(C)nn(C)c1C. The van der Waals surface area contributed by atoms with Gasteiger partial charge in [0.05, 0.1) is 17.6 Å². The van der Waals surface area contributed by atoms with Gasteiger partial charge in [0.1, 0.15) is 6.04 Å². The van der Waals surface area contributed by atoms with Gasteiger partial charge in [0.25, 0.3) is 0 Å². The maximum Gasteiger partial charge on any atom is 0.246 e. The maximum atomic E-state index is 13.1. The molecule has 23 heavy (non-hydrogen) atoms. The summed E-state index contributed by atoms with van der Waals surface area (Å²) in [4.78, 5) is 28.5. The van der Waals surface area contributed by atoms with E-state index in [1.165, 1.54) is 5.56 Å². The second-order valence-electron chi connectivity index (χ2n) is 6.40. The lowest BCUT2D eigenvalue weighted by molar-refractivity contribution is -0.143. The van der Waals surface area contributed by atoms with Crippen molar-refractivity contribution >= 4 is 23.6 Å². The van der Waals surface area contributed by atoms with Gasteiger partial charge in [-0.1, -0.05) is 0 Å². The lowest BCUT2D eigenvalue weighted by Gasteiger charge is -2.31. The topological polar surface area (TPSA) is 58.4 Å². The van der Waals surface area contributed by atoms with E-state index in [9.17, 15) is 9.59 Å². The number of thioether (sulfide) groups is 1. The fraction of sp³-hybridized carbons (Fsp3) is 0.688. The van der Waals surface area contributed by atoms with Crippen LogP contribution in [0.15, 0.2) is 0 Å². The number of likely N-dealkylation sites (tertiary alicyclic amines) is 1. The van der Waals surface area contributed by atoms with E-state index in [4.69, 9.17) is 0 Å². The summed E-state index contributed by atoms with van der Waals surface area (Å²) in [5.41, 5.74) is 3.30. The summed E-state index contributed by atoms with van der Waals surface area (Å²) in [7, 11) is 1.94. The largest absolute Gasteiger partial charge is 0.334 e. The Kier molecular flexibility index (Phi) is 4.40. The average molecular weight is 336 g/mol. The molecule has 3 heterocycles. The van der Waals surface area contributed by atoms with E-state index in [1.807, 2.05) is 23.6 Å². The second-order valence-corrected chi connectivity index (χ2v) is 7.40. The highest BCUT2D eigenvalue weighted by atomic mass is 32.2. The molecule has 2 atom stereocenters. The number of aromatic nitrogens is 2. The molecule has 6 nitrogen and oxygen atoms in total. The highest BCUT2D eigenvalue weighted by Crippen LogP contribution is 2.37. The predicted octanol–water partition coefficient (Wildman–Crippen LogP) is 1.62. The molecule has 2 saturated heterocycles. The zero-order valence-electron chi connectivity index (χ0n) is 14.2. The third-order valence-electron chi connectivity index (χ3n) is 5.01. The fourth-order valence-corrected chi connectivity index (χ4v) is 4.96. The molecule has 0 bridgehead atoms. The Hall–Kier alpha value is -1.50. The minimum Gasteiger partial charge on any atom is -0.334 e. The van der Waals surface area contributed by atoms with Gasteiger partial charge in [-0.25, -0.2) is 0 Å². The first kappa shape index (κ1) is 16.4. The van der Waals surface area contributed by atoms with Crippen LogP contribution in [0.3, 0.4) is 0 Å². The van der Waals surface area contributed by atoms with Crippen LogP contribution in [0.1, 0.15) is 42.8 Å². The van der Waals surface area contributed by atoms with Gasteiger partial charge in [0.15, 0.2) is 0 Å². The van der Waals surface area contributed by atoms with Crippen molar-refractivity contribution in [2.45, 2.75) is 45.7 Å². The van der Waals surface area contributed by atoms with Crippen molar-refractivity contribution in [1.29, 1.82) is 0 Å². The highest BCUT2D eigenvalue weighted by Gasteiger charge is 2.41. The molecular formula is C16H24N4O2S. The molecule has 0 spiro atoms. The molecule has 2 amide bonds. The van der Waals surface area contributed by atoms with Crippen molar-refractivity contribution in [2.75, 3.05) is 18.2 Å². The van der Waals surface area contributed by atoms with Crippen molar-refractivity contribution in [3.63, 3.8) is 0 Å². The minimum atomic E-state index is -0.310. The van der Waals surface area contributed by atoms with Crippen LogP contribution in [0.25, 0.3) is 0 Å². The maximum absolute atomic E-state index is 13.1. The van der Waals surface area contributed by atoms with Crippen LogP contribution >= 0.6 is 11.8 Å². The standard InChI is InChI=1S/C16H24N4O2S/c1-10-15(11(2)18(4)17-10)13-6-5-7-19(13)16(22)14-8-23-9-20(14)12(3)21/h13-14H,5-9H2,1-4H3/t13-,14+/m0/s1. The van der Waals surface area contributed by atoms with Crippen molar-refractivity contribution in [3.05, 3.63) is 17.0 Å². The summed E-state index contributed by atoms with van der Waals surface area (Å²) in [6, 6.07) is -0.217. The Morgan fingerprint density at radius 2 is 2.00 bits per heavy atom. The van der Waals surface area contributed by atoms with Crippen LogP contribution in [-0.4, -0.2) is 55.6 Å². The monoisotopic (exact) mass is 336 g/mol. The Labute approximate surface area is 141 Å². The molecule has 0 unspecified atom stereocenters. The van der Waals surface area contributed by atoms with Gasteiger partial charge in [0.2, 0.25) is 11.8 Å². The lowest BCUT2D eigenvalue weighted by atomic mass is 10.0. The minimum absolute atomic E-state index is 0.0159. The van der Waals surface area contributed by atoms with E-state index < -0.39 is 0 Å². The van der Waals surface area contributed by atoms with Gasteiger partial charge >= 0.3 is 0 Å². The summed E-state index contributed by atoms with van der Waals surface area (Å²) < 4.78 is 1.89. The molecule has 0 N–H and O–H groups in total. The number of hydrogen-bond acceptors (Lipinski definition) is 4. The molecule has 3 rings (SSSR count). The lowest BCUT2D eigenvalue weighted by Crippen LogP contribution is -2.48. The van der Waals surface area contributed by atoms with Crippen molar-refractivity contribution in [2.24, 2.45) is 7.05 Å². The first-order valence-electron chi connectivity index (χ1n) is 8.07. The van der Waals surface area contributed by atoms with Crippen LogP contribution in [0.2, 0.25) is 0 Å². The van der Waals surface area contributed by atoms with E-state index >= 15 is 0 Å². The Morgan fingerprint density at radius 1 is 1.26 bits per heavy atom. The Balaban J connectivity index is 1.87. The zero-order valence-corrected chi connectivity index (χ0v) is 15.0. The van der Waals surface area contributed by atoms with Crippen molar-refractivity contribution in [3.8, 4) is 0 Å². The van der Waals surface area contributed by atoms with Crippen LogP contribution < -0.4 is 0 Å². The van der Waals surface area contributed by atoms with Gasteiger partial charge in [0, 0.05) is 37.5 Å². The molecule has 126 valence electrons. The molecule has 2 fully saturated rings. The fourth-order valence-electron chi connectivity index (χ4n) is 3.75. The molecule has 7 heteroatoms. The van der Waals surface area contributed by atoms with E-state index in [0.717, 1.165) is 30.8 Å². The number of carbonyl (C=O) groups is 2. The summed E-state index contributed by atoms with van der Waals surface area (Å²) in [6.07, 6.45) is 1.98. The number of rotatable bonds is 2. The zero-order chi connectivity index (χ0) is 16.7. The average Bonchev–Trinajstić information content (AvgIpc) is 3.19. The number of aryl methyl sites for hydroxylation is 2. The Morgan fingerprint density at radius 3 is 2.61 bits per heavy atom. The van der Waals surface area contributed by atoms with Crippen molar-refractivity contribution in [1.82, 2.24) is 19.6 Å². The summed E-state index contributed by atoms with van der Waals surface area (Å²) in [5, 5.41) is 4.50. The molecule has 0 aromatic carbocycles. The molecule has 2 aliphatic heterocycles. The third-order valence-corrected chi connectivity index (χ3v) is 6.02. The normalized spacial score (nSPS) is 24.5.